The standard InChI is InChI=1S/C16H15ClFNO2/c1-16(2,21-12-9-7-11(18)8-10-12)15(20)19-14-6-4-3-5-13(14)17/h3-10H,1-2H3,(H,19,20). The maximum Gasteiger partial charge on any atom is 0.268 e. The van der Waals surface area contributed by atoms with Crippen molar-refractivity contribution < 1.29 is 13.9 Å². The average molecular weight is 308 g/mol. The van der Waals surface area contributed by atoms with Gasteiger partial charge in [-0.15, -0.1) is 0 Å². The number of rotatable bonds is 4. The molecule has 5 heteroatoms. The summed E-state index contributed by atoms with van der Waals surface area (Å²) in [5.41, 5.74) is -0.614. The minimum Gasteiger partial charge on any atom is -0.478 e. The zero-order valence-electron chi connectivity index (χ0n) is 11.7. The van der Waals surface area contributed by atoms with E-state index in [9.17, 15) is 9.18 Å². The summed E-state index contributed by atoms with van der Waals surface area (Å²) in [6.07, 6.45) is 0. The Morgan fingerprint density at radius 1 is 1.14 bits per heavy atom. The summed E-state index contributed by atoms with van der Waals surface area (Å²) in [6, 6.07) is 12.4. The van der Waals surface area contributed by atoms with E-state index in [1.165, 1.54) is 24.3 Å². The number of anilines is 1. The quantitative estimate of drug-likeness (QED) is 0.915. The van der Waals surface area contributed by atoms with Gasteiger partial charge in [0.15, 0.2) is 5.60 Å². The number of halogens is 2. The van der Waals surface area contributed by atoms with Crippen molar-refractivity contribution in [2.45, 2.75) is 19.4 Å². The van der Waals surface area contributed by atoms with Gasteiger partial charge in [-0.3, -0.25) is 4.79 Å². The lowest BCUT2D eigenvalue weighted by Crippen LogP contribution is -2.42. The Kier molecular flexibility index (Phi) is 4.48. The lowest BCUT2D eigenvalue weighted by atomic mass is 10.1. The van der Waals surface area contributed by atoms with Crippen LogP contribution in [0.4, 0.5) is 10.1 Å². The van der Waals surface area contributed by atoms with E-state index >= 15 is 0 Å². The molecule has 0 atom stereocenters. The van der Waals surface area contributed by atoms with Crippen LogP contribution in [0.25, 0.3) is 0 Å². The zero-order chi connectivity index (χ0) is 15.5. The number of para-hydroxylation sites is 1. The predicted molar refractivity (Wildman–Crippen MR) is 81.2 cm³/mol. The minimum absolute atomic E-state index is 0.347. The summed E-state index contributed by atoms with van der Waals surface area (Å²) in [6.45, 7) is 3.26. The van der Waals surface area contributed by atoms with Crippen molar-refractivity contribution >= 4 is 23.2 Å². The third kappa shape index (κ3) is 3.95. The molecule has 0 radical (unpaired) electrons. The summed E-state index contributed by atoms with van der Waals surface area (Å²) in [5.74, 6) is -0.295. The van der Waals surface area contributed by atoms with Gasteiger partial charge < -0.3 is 10.1 Å². The van der Waals surface area contributed by atoms with Gasteiger partial charge in [-0.1, -0.05) is 23.7 Å². The van der Waals surface area contributed by atoms with Crippen molar-refractivity contribution in [1.29, 1.82) is 0 Å². The second-order valence-corrected chi connectivity index (χ2v) is 5.41. The number of amides is 1. The first-order valence-electron chi connectivity index (χ1n) is 6.39. The predicted octanol–water partition coefficient (Wildman–Crippen LogP) is 4.28. The van der Waals surface area contributed by atoms with E-state index in [1.54, 1.807) is 38.1 Å². The summed E-state index contributed by atoms with van der Waals surface area (Å²) in [4.78, 5) is 12.3. The molecule has 2 aromatic rings. The van der Waals surface area contributed by atoms with E-state index in [4.69, 9.17) is 16.3 Å². The number of benzene rings is 2. The Bertz CT molecular complexity index is 641. The highest BCUT2D eigenvalue weighted by Gasteiger charge is 2.30. The number of hydrogen-bond donors (Lipinski definition) is 1. The average Bonchev–Trinajstić information content (AvgIpc) is 2.43. The molecule has 0 aliphatic rings. The van der Waals surface area contributed by atoms with Gasteiger partial charge >= 0.3 is 0 Å². The van der Waals surface area contributed by atoms with Crippen LogP contribution in [0.3, 0.4) is 0 Å². The molecule has 3 nitrogen and oxygen atoms in total. The summed E-state index contributed by atoms with van der Waals surface area (Å²) < 4.78 is 18.5. The molecule has 1 N–H and O–H groups in total. The van der Waals surface area contributed by atoms with Crippen LogP contribution >= 0.6 is 11.6 Å². The van der Waals surface area contributed by atoms with Gasteiger partial charge in [0.2, 0.25) is 0 Å². The summed E-state index contributed by atoms with van der Waals surface area (Å²) in [7, 11) is 0. The number of nitrogens with one attached hydrogen (secondary N) is 1. The molecule has 0 fully saturated rings. The Morgan fingerprint density at radius 2 is 1.76 bits per heavy atom. The molecular formula is C16H15ClFNO2. The second-order valence-electron chi connectivity index (χ2n) is 5.00. The molecule has 0 aliphatic carbocycles. The smallest absolute Gasteiger partial charge is 0.268 e. The maximum absolute atomic E-state index is 12.9. The molecule has 0 heterocycles. The number of ether oxygens (including phenoxy) is 1. The van der Waals surface area contributed by atoms with Crippen LogP contribution in [0, 0.1) is 5.82 Å². The van der Waals surface area contributed by atoms with Crippen LogP contribution in [-0.4, -0.2) is 11.5 Å². The molecule has 0 unspecified atom stereocenters. The van der Waals surface area contributed by atoms with Crippen LogP contribution in [0.5, 0.6) is 5.75 Å². The largest absolute Gasteiger partial charge is 0.478 e. The van der Waals surface area contributed by atoms with E-state index in [1.807, 2.05) is 0 Å². The summed E-state index contributed by atoms with van der Waals surface area (Å²) in [5, 5.41) is 3.16. The fraction of sp³-hybridized carbons (Fsp3) is 0.188. The van der Waals surface area contributed by atoms with Crippen molar-refractivity contribution in [2.75, 3.05) is 5.32 Å². The number of carbonyl (C=O) groups excluding carboxylic acids is 1. The highest BCUT2D eigenvalue weighted by molar-refractivity contribution is 6.33. The summed E-state index contributed by atoms with van der Waals surface area (Å²) >= 11 is 6.00. The molecule has 2 aromatic carbocycles. The van der Waals surface area contributed by atoms with E-state index in [-0.39, 0.29) is 11.7 Å². The molecule has 0 aromatic heterocycles. The Morgan fingerprint density at radius 3 is 2.38 bits per heavy atom. The Hall–Kier alpha value is -2.07. The van der Waals surface area contributed by atoms with Crippen LogP contribution in [-0.2, 0) is 4.79 Å². The van der Waals surface area contributed by atoms with Gasteiger partial charge in [-0.2, -0.15) is 0 Å². The Balaban J connectivity index is 2.10. The molecule has 0 spiro atoms. The molecule has 0 aliphatic heterocycles. The van der Waals surface area contributed by atoms with Crippen LogP contribution < -0.4 is 10.1 Å². The molecule has 0 bridgehead atoms. The van der Waals surface area contributed by atoms with Crippen molar-refractivity contribution in [3.63, 3.8) is 0 Å². The first-order chi connectivity index (χ1) is 9.88. The van der Waals surface area contributed by atoms with Gasteiger partial charge in [0.1, 0.15) is 11.6 Å². The van der Waals surface area contributed by atoms with Crippen molar-refractivity contribution in [3.05, 3.63) is 59.4 Å². The molecule has 1 amide bonds. The van der Waals surface area contributed by atoms with Gasteiger partial charge in [0.05, 0.1) is 10.7 Å². The Labute approximate surface area is 127 Å². The highest BCUT2D eigenvalue weighted by atomic mass is 35.5. The maximum atomic E-state index is 12.9. The molecule has 21 heavy (non-hydrogen) atoms. The van der Waals surface area contributed by atoms with Crippen molar-refractivity contribution in [1.82, 2.24) is 0 Å². The molecule has 110 valence electrons. The number of carbonyl (C=O) groups is 1. The third-order valence-corrected chi connectivity index (χ3v) is 3.19. The van der Waals surface area contributed by atoms with E-state index in [0.717, 1.165) is 0 Å². The topological polar surface area (TPSA) is 38.3 Å². The number of hydrogen-bond acceptors (Lipinski definition) is 2. The minimum atomic E-state index is -1.13. The van der Waals surface area contributed by atoms with E-state index < -0.39 is 5.60 Å². The lowest BCUT2D eigenvalue weighted by molar-refractivity contribution is -0.128. The zero-order valence-corrected chi connectivity index (χ0v) is 12.4. The normalized spacial score (nSPS) is 11.0. The van der Waals surface area contributed by atoms with Crippen LogP contribution in [0.15, 0.2) is 48.5 Å². The first kappa shape index (κ1) is 15.3. The molecule has 0 saturated heterocycles. The monoisotopic (exact) mass is 307 g/mol. The van der Waals surface area contributed by atoms with Crippen LogP contribution in [0.2, 0.25) is 5.02 Å². The molecule has 0 saturated carbocycles. The third-order valence-electron chi connectivity index (χ3n) is 2.86. The second kappa shape index (κ2) is 6.14. The van der Waals surface area contributed by atoms with Crippen LogP contribution in [0.1, 0.15) is 13.8 Å². The van der Waals surface area contributed by atoms with Crippen molar-refractivity contribution in [3.8, 4) is 5.75 Å². The van der Waals surface area contributed by atoms with E-state index in [0.29, 0.717) is 16.5 Å². The van der Waals surface area contributed by atoms with Gasteiger partial charge in [0.25, 0.3) is 5.91 Å². The molecule has 2 rings (SSSR count). The SMILES string of the molecule is CC(C)(Oc1ccc(F)cc1)C(=O)Nc1ccccc1Cl. The van der Waals surface area contributed by atoms with E-state index in [2.05, 4.69) is 5.32 Å². The van der Waals surface area contributed by atoms with Gasteiger partial charge in [-0.05, 0) is 50.2 Å². The highest BCUT2D eigenvalue weighted by Crippen LogP contribution is 2.24. The van der Waals surface area contributed by atoms with Crippen molar-refractivity contribution in [2.24, 2.45) is 0 Å². The van der Waals surface area contributed by atoms with Gasteiger partial charge in [-0.25, -0.2) is 4.39 Å². The fourth-order valence-corrected chi connectivity index (χ4v) is 1.86. The van der Waals surface area contributed by atoms with Gasteiger partial charge in [0, 0.05) is 0 Å². The fourth-order valence-electron chi connectivity index (χ4n) is 1.68. The first-order valence-corrected chi connectivity index (χ1v) is 6.77. The lowest BCUT2D eigenvalue weighted by Gasteiger charge is -2.25. The molecular weight excluding hydrogens is 293 g/mol.